The summed E-state index contributed by atoms with van der Waals surface area (Å²) in [4.78, 5) is 55.8. The summed E-state index contributed by atoms with van der Waals surface area (Å²) < 4.78 is 10.9. The molecule has 6 atom stereocenters. The van der Waals surface area contributed by atoms with E-state index in [-0.39, 0.29) is 34.8 Å². The van der Waals surface area contributed by atoms with Gasteiger partial charge in [-0.05, 0) is 72.4 Å². The van der Waals surface area contributed by atoms with Crippen LogP contribution >= 0.6 is 23.2 Å². The van der Waals surface area contributed by atoms with Crippen molar-refractivity contribution in [3.05, 3.63) is 93.5 Å². The zero-order valence-electron chi connectivity index (χ0n) is 24.8. The van der Waals surface area contributed by atoms with Gasteiger partial charge in [0.05, 0.1) is 48.1 Å². The number of hydrazine groups is 1. The average molecular weight is 663 g/mol. The van der Waals surface area contributed by atoms with Gasteiger partial charge in [-0.25, -0.2) is 0 Å². The highest BCUT2D eigenvalue weighted by molar-refractivity contribution is 6.36. The third-order valence-electron chi connectivity index (χ3n) is 9.96. The van der Waals surface area contributed by atoms with Crippen LogP contribution in [0.5, 0.6) is 17.2 Å². The molecule has 2 saturated heterocycles. The Morgan fingerprint density at radius 2 is 1.70 bits per heavy atom. The normalized spacial score (nSPS) is 28.2. The van der Waals surface area contributed by atoms with Crippen molar-refractivity contribution >= 4 is 52.5 Å². The maximum absolute atomic E-state index is 15.1. The van der Waals surface area contributed by atoms with E-state index in [0.717, 1.165) is 10.6 Å². The lowest BCUT2D eigenvalue weighted by Gasteiger charge is -2.50. The van der Waals surface area contributed by atoms with Crippen LogP contribution in [0.2, 0.25) is 10.0 Å². The summed E-state index contributed by atoms with van der Waals surface area (Å²) in [7, 11) is 2.96. The number of amides is 4. The lowest BCUT2D eigenvalue weighted by Crippen LogP contribution is -2.53. The second-order valence-electron chi connectivity index (χ2n) is 12.0. The van der Waals surface area contributed by atoms with Crippen LogP contribution in [-0.2, 0) is 24.6 Å². The van der Waals surface area contributed by atoms with Crippen molar-refractivity contribution in [2.75, 3.05) is 19.6 Å². The molecule has 3 aromatic carbocycles. The van der Waals surface area contributed by atoms with Crippen LogP contribution in [0.1, 0.15) is 29.9 Å². The summed E-state index contributed by atoms with van der Waals surface area (Å²) in [5.41, 5.74) is 3.69. The molecule has 0 spiro atoms. The number of anilines is 1. The number of rotatable bonds is 6. The van der Waals surface area contributed by atoms with Gasteiger partial charge in [-0.3, -0.25) is 29.9 Å². The summed E-state index contributed by atoms with van der Waals surface area (Å²) in [5, 5.41) is 14.6. The molecule has 3 fully saturated rings. The fraction of sp³-hybridized carbons (Fsp3) is 0.294. The van der Waals surface area contributed by atoms with Crippen LogP contribution in [0, 0.1) is 23.7 Å². The molecule has 0 aromatic heterocycles. The highest BCUT2D eigenvalue weighted by Crippen LogP contribution is 2.64. The molecule has 6 unspecified atom stereocenters. The van der Waals surface area contributed by atoms with Crippen LogP contribution in [0.15, 0.2) is 72.3 Å². The predicted octanol–water partition coefficient (Wildman–Crippen LogP) is 4.99. The fourth-order valence-corrected chi connectivity index (χ4v) is 8.45. The molecule has 2 aliphatic heterocycles. The van der Waals surface area contributed by atoms with Crippen LogP contribution in [0.3, 0.4) is 0 Å². The number of carbonyl (C=O) groups excluding carboxylic acids is 4. The Balaban J connectivity index is 1.48. The smallest absolute Gasteiger partial charge is 0.260 e. The lowest BCUT2D eigenvalue weighted by molar-refractivity contribution is -0.138. The van der Waals surface area contributed by atoms with Gasteiger partial charge in [0, 0.05) is 10.9 Å². The Morgan fingerprint density at radius 3 is 2.39 bits per heavy atom. The van der Waals surface area contributed by atoms with E-state index in [1.165, 1.54) is 26.4 Å². The first-order chi connectivity index (χ1) is 22.1. The Kier molecular flexibility index (Phi) is 7.25. The number of imide groups is 2. The van der Waals surface area contributed by atoms with Crippen LogP contribution in [0.4, 0.5) is 5.69 Å². The molecule has 2 heterocycles. The van der Waals surface area contributed by atoms with Crippen molar-refractivity contribution in [2.24, 2.45) is 23.7 Å². The Hall–Kier alpha value is -4.54. The first-order valence-corrected chi connectivity index (χ1v) is 15.5. The Labute approximate surface area is 274 Å². The number of halogens is 2. The third-order valence-corrected chi connectivity index (χ3v) is 10.5. The van der Waals surface area contributed by atoms with Crippen molar-refractivity contribution in [3.63, 3.8) is 0 Å². The molecule has 0 bridgehead atoms. The summed E-state index contributed by atoms with van der Waals surface area (Å²) in [5.74, 6) is -4.62. The lowest BCUT2D eigenvalue weighted by atomic mass is 9.49. The number of nitrogens with one attached hydrogen (secondary N) is 2. The molecule has 7 rings (SSSR count). The van der Waals surface area contributed by atoms with Gasteiger partial charge < -0.3 is 14.6 Å². The number of methoxy groups -OCH3 is 2. The monoisotopic (exact) mass is 661 g/mol. The molecule has 4 amide bonds. The van der Waals surface area contributed by atoms with E-state index in [4.69, 9.17) is 32.7 Å². The molecule has 3 aromatic rings. The number of phenols is 1. The van der Waals surface area contributed by atoms with Crippen molar-refractivity contribution in [1.82, 2.24) is 10.3 Å². The first kappa shape index (κ1) is 30.1. The fourth-order valence-electron chi connectivity index (χ4n) is 8.00. The number of ether oxygens (including phenoxy) is 2. The number of phenolic OH excluding ortho intramolecular Hbond substituents is 1. The van der Waals surface area contributed by atoms with Gasteiger partial charge in [-0.2, -0.15) is 5.01 Å². The molecular formula is C34H29Cl2N3O7. The summed E-state index contributed by atoms with van der Waals surface area (Å²) in [6, 6.07) is 16.5. The van der Waals surface area contributed by atoms with Gasteiger partial charge in [-0.15, -0.1) is 0 Å². The van der Waals surface area contributed by atoms with Gasteiger partial charge in [-0.1, -0.05) is 53.1 Å². The zero-order chi connectivity index (χ0) is 32.5. The van der Waals surface area contributed by atoms with Gasteiger partial charge in [0.1, 0.15) is 5.75 Å². The topological polar surface area (TPSA) is 134 Å². The molecule has 12 heteroatoms. The maximum Gasteiger partial charge on any atom is 0.260 e. The van der Waals surface area contributed by atoms with E-state index in [1.54, 1.807) is 48.5 Å². The minimum Gasteiger partial charge on any atom is -0.504 e. The molecule has 46 heavy (non-hydrogen) atoms. The van der Waals surface area contributed by atoms with E-state index >= 15 is 4.79 Å². The van der Waals surface area contributed by atoms with Crippen molar-refractivity contribution in [1.29, 1.82) is 0 Å². The Morgan fingerprint density at radius 1 is 0.935 bits per heavy atom. The van der Waals surface area contributed by atoms with Gasteiger partial charge in [0.2, 0.25) is 11.8 Å². The number of hydrogen-bond donors (Lipinski definition) is 3. The number of benzene rings is 3. The minimum atomic E-state index is -1.51. The molecule has 2 aliphatic carbocycles. The number of aromatic hydroxyl groups is 1. The quantitative estimate of drug-likeness (QED) is 0.249. The van der Waals surface area contributed by atoms with E-state index < -0.39 is 46.8 Å². The number of carbonyl (C=O) groups is 4. The van der Waals surface area contributed by atoms with Crippen molar-refractivity contribution in [2.45, 2.75) is 24.2 Å². The zero-order valence-corrected chi connectivity index (χ0v) is 26.3. The van der Waals surface area contributed by atoms with E-state index in [0.29, 0.717) is 34.0 Å². The van der Waals surface area contributed by atoms with Crippen LogP contribution < -0.4 is 20.2 Å². The molecular weight excluding hydrogens is 633 g/mol. The van der Waals surface area contributed by atoms with E-state index in [2.05, 4.69) is 10.7 Å². The molecule has 0 radical (unpaired) electrons. The van der Waals surface area contributed by atoms with Gasteiger partial charge in [0.25, 0.3) is 11.8 Å². The molecule has 3 N–H and O–H groups in total. The summed E-state index contributed by atoms with van der Waals surface area (Å²) in [6.07, 6.45) is 2.38. The SMILES string of the molecule is COc1ccc(C23C(=O)N(Nc4ccc(Cl)cc4Cl)C(=O)C2CC2C(=CCC4C(=O)NC(=O)C42)C3c2ccc(O)c(OC)c2)cc1. The summed E-state index contributed by atoms with van der Waals surface area (Å²) in [6.45, 7) is 0. The minimum absolute atomic E-state index is 0.0957. The average Bonchev–Trinajstić information content (AvgIpc) is 3.46. The number of fused-ring (bicyclic) bond motifs is 4. The molecule has 1 saturated carbocycles. The van der Waals surface area contributed by atoms with Gasteiger partial charge in [0.15, 0.2) is 11.5 Å². The standard InChI is InChI=1S/C34H29Cl2N3O7/c1-45-19-7-4-17(5-8-19)34-23(32(43)39(33(34)44)38-25-11-6-18(35)14-24(25)36)15-22-20(9-10-21-28(22)31(42)37-30(21)41)29(34)16-3-12-26(40)27(13-16)46-2/h3-9,11-14,21-23,28-29,38,40H,10,15H2,1-2H3,(H,37,41,42). The molecule has 4 aliphatic rings. The van der Waals surface area contributed by atoms with Crippen LogP contribution in [0.25, 0.3) is 0 Å². The van der Waals surface area contributed by atoms with Crippen molar-refractivity contribution < 1.29 is 33.8 Å². The first-order valence-electron chi connectivity index (χ1n) is 14.8. The number of allylic oxidation sites excluding steroid dienone is 2. The third kappa shape index (κ3) is 4.30. The highest BCUT2D eigenvalue weighted by atomic mass is 35.5. The maximum atomic E-state index is 15.1. The van der Waals surface area contributed by atoms with Gasteiger partial charge >= 0.3 is 0 Å². The van der Waals surface area contributed by atoms with Crippen molar-refractivity contribution in [3.8, 4) is 17.2 Å². The Bertz CT molecular complexity index is 1840. The second-order valence-corrected chi connectivity index (χ2v) is 12.8. The number of nitrogens with zero attached hydrogens (tertiary/aromatic N) is 1. The van der Waals surface area contributed by atoms with E-state index in [9.17, 15) is 19.5 Å². The predicted molar refractivity (Wildman–Crippen MR) is 168 cm³/mol. The molecule has 10 nitrogen and oxygen atoms in total. The largest absolute Gasteiger partial charge is 0.504 e. The van der Waals surface area contributed by atoms with E-state index in [1.807, 2.05) is 6.08 Å². The van der Waals surface area contributed by atoms with Crippen LogP contribution in [-0.4, -0.2) is 48.0 Å². The summed E-state index contributed by atoms with van der Waals surface area (Å²) >= 11 is 12.6. The molecule has 236 valence electrons. The highest BCUT2D eigenvalue weighted by Gasteiger charge is 2.70. The second kappa shape index (κ2) is 11.1. The number of hydrogen-bond acceptors (Lipinski definition) is 8.